The molecule has 0 saturated carbocycles. The molecule has 1 N–H and O–H groups in total. The van der Waals surface area contributed by atoms with Gasteiger partial charge >= 0.3 is 5.97 Å². The number of hydrogen-bond acceptors (Lipinski definition) is 3. The highest BCUT2D eigenvalue weighted by molar-refractivity contribution is 7.89. The van der Waals surface area contributed by atoms with E-state index in [1.807, 2.05) is 24.3 Å². The lowest BCUT2D eigenvalue weighted by molar-refractivity contribution is -0.141. The van der Waals surface area contributed by atoms with E-state index in [1.165, 1.54) is 0 Å². The average molecular weight is 283 g/mol. The van der Waals surface area contributed by atoms with Gasteiger partial charge < -0.3 is 5.11 Å². The normalized spacial score (nSPS) is 19.9. The molecule has 1 aromatic carbocycles. The molecule has 6 heteroatoms. The molecule has 1 atom stereocenters. The summed E-state index contributed by atoms with van der Waals surface area (Å²) in [6, 6.07) is 6.39. The molecular weight excluding hydrogens is 266 g/mol. The molecule has 2 rings (SSSR count). The number of aliphatic carboxylic acids is 1. The van der Waals surface area contributed by atoms with Crippen molar-refractivity contribution in [3.63, 3.8) is 0 Å². The zero-order valence-corrected chi connectivity index (χ0v) is 11.6. The van der Waals surface area contributed by atoms with Crippen LogP contribution in [0.5, 0.6) is 0 Å². The Morgan fingerprint density at radius 2 is 2.00 bits per heavy atom. The van der Waals surface area contributed by atoms with E-state index in [9.17, 15) is 18.3 Å². The van der Waals surface area contributed by atoms with Gasteiger partial charge in [0.2, 0.25) is 10.0 Å². The second-order valence-electron chi connectivity index (χ2n) is 4.69. The smallest absolute Gasteiger partial charge is 0.322 e. The minimum Gasteiger partial charge on any atom is -0.480 e. The van der Waals surface area contributed by atoms with Gasteiger partial charge in [0, 0.05) is 13.0 Å². The van der Waals surface area contributed by atoms with Gasteiger partial charge in [-0.15, -0.1) is 0 Å². The van der Waals surface area contributed by atoms with E-state index in [0.29, 0.717) is 6.42 Å². The number of nitrogens with zero attached hydrogens (tertiary/aromatic N) is 1. The largest absolute Gasteiger partial charge is 0.480 e. The predicted molar refractivity (Wildman–Crippen MR) is 71.2 cm³/mol. The Balaban J connectivity index is 2.40. The minimum absolute atomic E-state index is 0.0149. The van der Waals surface area contributed by atoms with Crippen molar-refractivity contribution in [2.75, 3.05) is 5.75 Å². The predicted octanol–water partition coefficient (Wildman–Crippen LogP) is 1.24. The summed E-state index contributed by atoms with van der Waals surface area (Å²) in [4.78, 5) is 11.3. The zero-order chi connectivity index (χ0) is 14.0. The molecule has 0 bridgehead atoms. The maximum Gasteiger partial charge on any atom is 0.322 e. The maximum absolute atomic E-state index is 12.2. The number of fused-ring (bicyclic) bond motifs is 1. The summed E-state index contributed by atoms with van der Waals surface area (Å²) in [6.07, 6.45) is 0.710. The highest BCUT2D eigenvalue weighted by Gasteiger charge is 2.38. The molecule has 1 heterocycles. The van der Waals surface area contributed by atoms with Crippen molar-refractivity contribution in [2.24, 2.45) is 0 Å². The second-order valence-corrected chi connectivity index (χ2v) is 6.73. The minimum atomic E-state index is -3.52. The topological polar surface area (TPSA) is 74.7 Å². The first-order valence-electron chi connectivity index (χ1n) is 6.25. The standard InChI is InChI=1S/C13H17NO4S/c1-2-7-19(17,18)14-9-11-6-4-3-5-10(11)8-12(14)13(15)16/h3-6,12H,2,7-9H2,1H3,(H,15,16)/t12-/m0/s1. The fourth-order valence-electron chi connectivity index (χ4n) is 2.38. The van der Waals surface area contributed by atoms with Gasteiger partial charge in [-0.25, -0.2) is 8.42 Å². The first-order valence-corrected chi connectivity index (χ1v) is 7.85. The fraction of sp³-hybridized carbons (Fsp3) is 0.462. The van der Waals surface area contributed by atoms with Gasteiger partial charge in [-0.1, -0.05) is 31.2 Å². The number of carboxylic acid groups (broad SMARTS) is 1. The highest BCUT2D eigenvalue weighted by atomic mass is 32.2. The number of sulfonamides is 1. The maximum atomic E-state index is 12.2. The quantitative estimate of drug-likeness (QED) is 0.902. The fourth-order valence-corrected chi connectivity index (χ4v) is 4.02. The van der Waals surface area contributed by atoms with E-state index >= 15 is 0 Å². The summed E-state index contributed by atoms with van der Waals surface area (Å²) in [5.74, 6) is -1.10. The summed E-state index contributed by atoms with van der Waals surface area (Å²) in [5.41, 5.74) is 1.80. The van der Waals surface area contributed by atoms with Crippen LogP contribution in [-0.2, 0) is 27.8 Å². The van der Waals surface area contributed by atoms with Crippen molar-refractivity contribution in [2.45, 2.75) is 32.4 Å². The third-order valence-corrected chi connectivity index (χ3v) is 5.33. The van der Waals surface area contributed by atoms with Crippen LogP contribution in [0.3, 0.4) is 0 Å². The van der Waals surface area contributed by atoms with Crippen LogP contribution in [0.4, 0.5) is 0 Å². The molecular formula is C13H17NO4S. The molecule has 0 aliphatic carbocycles. The van der Waals surface area contributed by atoms with Crippen LogP contribution in [0.25, 0.3) is 0 Å². The van der Waals surface area contributed by atoms with Crippen molar-refractivity contribution >= 4 is 16.0 Å². The zero-order valence-electron chi connectivity index (χ0n) is 10.7. The Kier molecular flexibility index (Phi) is 3.91. The molecule has 0 saturated heterocycles. The lowest BCUT2D eigenvalue weighted by Gasteiger charge is -2.33. The molecule has 0 aromatic heterocycles. The summed E-state index contributed by atoms with van der Waals surface area (Å²) in [5, 5.41) is 9.26. The number of benzene rings is 1. The Hall–Kier alpha value is -1.40. The van der Waals surface area contributed by atoms with E-state index in [2.05, 4.69) is 0 Å². The van der Waals surface area contributed by atoms with Crippen molar-refractivity contribution < 1.29 is 18.3 Å². The van der Waals surface area contributed by atoms with Crippen molar-refractivity contribution in [1.29, 1.82) is 0 Å². The van der Waals surface area contributed by atoms with Crippen LogP contribution >= 0.6 is 0 Å². The van der Waals surface area contributed by atoms with Crippen molar-refractivity contribution in [3.8, 4) is 0 Å². The SMILES string of the molecule is CCCS(=O)(=O)N1Cc2ccccc2C[C@H]1C(=O)O. The Labute approximate surface area is 112 Å². The molecule has 1 aliphatic rings. The molecule has 0 spiro atoms. The molecule has 0 unspecified atom stereocenters. The van der Waals surface area contributed by atoms with Crippen LogP contribution in [-0.4, -0.2) is 35.6 Å². The number of rotatable bonds is 4. The summed E-state index contributed by atoms with van der Waals surface area (Å²) >= 11 is 0. The molecule has 0 radical (unpaired) electrons. The van der Waals surface area contributed by atoms with Crippen molar-refractivity contribution in [1.82, 2.24) is 4.31 Å². The van der Waals surface area contributed by atoms with Crippen LogP contribution in [0.15, 0.2) is 24.3 Å². The van der Waals surface area contributed by atoms with E-state index in [4.69, 9.17) is 0 Å². The van der Waals surface area contributed by atoms with Crippen LogP contribution in [0, 0.1) is 0 Å². The Bertz CT molecular complexity index is 582. The van der Waals surface area contributed by atoms with Crippen molar-refractivity contribution in [3.05, 3.63) is 35.4 Å². The van der Waals surface area contributed by atoms with Gasteiger partial charge in [0.05, 0.1) is 5.75 Å². The molecule has 0 fully saturated rings. The Morgan fingerprint density at radius 1 is 1.37 bits per heavy atom. The lowest BCUT2D eigenvalue weighted by atomic mass is 9.96. The lowest BCUT2D eigenvalue weighted by Crippen LogP contribution is -2.49. The Morgan fingerprint density at radius 3 is 2.58 bits per heavy atom. The summed E-state index contributed by atoms with van der Waals surface area (Å²) in [7, 11) is -3.52. The van der Waals surface area contributed by atoms with E-state index < -0.39 is 22.0 Å². The van der Waals surface area contributed by atoms with E-state index in [-0.39, 0.29) is 18.7 Å². The summed E-state index contributed by atoms with van der Waals surface area (Å²) < 4.78 is 25.5. The van der Waals surface area contributed by atoms with Crippen LogP contribution < -0.4 is 0 Å². The highest BCUT2D eigenvalue weighted by Crippen LogP contribution is 2.26. The monoisotopic (exact) mass is 283 g/mol. The molecule has 1 aromatic rings. The van der Waals surface area contributed by atoms with Gasteiger partial charge in [0.25, 0.3) is 0 Å². The molecule has 1 aliphatic heterocycles. The third kappa shape index (κ3) is 2.79. The van der Waals surface area contributed by atoms with Crippen LogP contribution in [0.1, 0.15) is 24.5 Å². The number of hydrogen-bond donors (Lipinski definition) is 1. The van der Waals surface area contributed by atoms with Crippen LogP contribution in [0.2, 0.25) is 0 Å². The van der Waals surface area contributed by atoms with Gasteiger partial charge in [0.1, 0.15) is 6.04 Å². The number of carbonyl (C=O) groups is 1. The molecule has 104 valence electrons. The van der Waals surface area contributed by atoms with Gasteiger partial charge in [-0.3, -0.25) is 4.79 Å². The van der Waals surface area contributed by atoms with E-state index in [1.54, 1.807) is 6.92 Å². The molecule has 5 nitrogen and oxygen atoms in total. The van der Waals surface area contributed by atoms with Gasteiger partial charge in [-0.05, 0) is 17.5 Å². The van der Waals surface area contributed by atoms with Gasteiger partial charge in [-0.2, -0.15) is 4.31 Å². The average Bonchev–Trinajstić information content (AvgIpc) is 2.37. The van der Waals surface area contributed by atoms with E-state index in [0.717, 1.165) is 15.4 Å². The summed E-state index contributed by atoms with van der Waals surface area (Å²) in [6.45, 7) is 1.92. The third-order valence-electron chi connectivity index (χ3n) is 3.31. The first kappa shape index (κ1) is 14.0. The molecule has 19 heavy (non-hydrogen) atoms. The number of carboxylic acids is 1. The van der Waals surface area contributed by atoms with Gasteiger partial charge in [0.15, 0.2) is 0 Å². The second kappa shape index (κ2) is 5.30. The first-order chi connectivity index (χ1) is 8.95. The molecule has 0 amide bonds.